The normalized spacial score (nSPS) is 10.5. The van der Waals surface area contributed by atoms with Crippen LogP contribution < -0.4 is 17.0 Å². The maximum Gasteiger partial charge on any atom is 0.335 e. The summed E-state index contributed by atoms with van der Waals surface area (Å²) < 4.78 is 0.743. The third kappa shape index (κ3) is 2.19. The predicted molar refractivity (Wildman–Crippen MR) is 72.6 cm³/mol. The molecule has 0 bridgehead atoms. The molecule has 0 unspecified atom stereocenters. The maximum absolute atomic E-state index is 11.8. The summed E-state index contributed by atoms with van der Waals surface area (Å²) in [7, 11) is 0. The molecule has 0 aliphatic heterocycles. The summed E-state index contributed by atoms with van der Waals surface area (Å²) in [5.74, 6) is -1.97. The number of primary amides is 1. The van der Waals surface area contributed by atoms with E-state index in [2.05, 4.69) is 0 Å². The number of aryl methyl sites for hydroxylation is 1. The number of aromatic amines is 1. The number of benzene rings is 1. The zero-order chi connectivity index (χ0) is 15.0. The van der Waals surface area contributed by atoms with Crippen LogP contribution in [0.25, 0.3) is 5.69 Å². The molecule has 0 radical (unpaired) electrons. The fraction of sp³-hybridized carbons (Fsp3) is 0.0833. The van der Waals surface area contributed by atoms with E-state index in [0.717, 1.165) is 10.1 Å². The number of H-pyrrole nitrogens is 1. The van der Waals surface area contributed by atoms with Crippen LogP contribution in [0.5, 0.6) is 5.88 Å². The molecule has 0 fully saturated rings. The molecule has 1 aromatic heterocycles. The van der Waals surface area contributed by atoms with E-state index in [-0.39, 0.29) is 5.69 Å². The lowest BCUT2D eigenvalue weighted by Gasteiger charge is -2.10. The Hall–Kier alpha value is -2.54. The first-order chi connectivity index (χ1) is 9.32. The predicted octanol–water partition coefficient (Wildman–Crippen LogP) is 0.292. The van der Waals surface area contributed by atoms with E-state index in [1.165, 1.54) is 12.1 Å². The van der Waals surface area contributed by atoms with E-state index in [1.807, 2.05) is 4.98 Å². The molecule has 0 spiro atoms. The number of carbonyl (C=O) groups excluding carboxylic acids is 1. The van der Waals surface area contributed by atoms with Gasteiger partial charge in [-0.15, -0.1) is 0 Å². The van der Waals surface area contributed by atoms with Gasteiger partial charge in [-0.3, -0.25) is 14.6 Å². The maximum atomic E-state index is 11.8. The Morgan fingerprint density at radius 2 is 2.05 bits per heavy atom. The van der Waals surface area contributed by atoms with Crippen molar-refractivity contribution in [2.75, 3.05) is 0 Å². The van der Waals surface area contributed by atoms with E-state index >= 15 is 0 Å². The van der Waals surface area contributed by atoms with E-state index in [9.17, 15) is 19.5 Å². The number of amides is 1. The molecule has 104 valence electrons. The largest absolute Gasteiger partial charge is 0.493 e. The summed E-state index contributed by atoms with van der Waals surface area (Å²) in [5, 5.41) is 10.3. The number of aromatic hydroxyl groups is 1. The number of hydrogen-bond donors (Lipinski definition) is 3. The Morgan fingerprint density at radius 1 is 1.40 bits per heavy atom. The lowest BCUT2D eigenvalue weighted by Crippen LogP contribution is -2.34. The molecule has 0 saturated heterocycles. The van der Waals surface area contributed by atoms with Crippen LogP contribution in [0, 0.1) is 6.92 Å². The van der Waals surface area contributed by atoms with Crippen LogP contribution >= 0.6 is 11.6 Å². The van der Waals surface area contributed by atoms with Crippen molar-refractivity contribution in [1.29, 1.82) is 0 Å². The Bertz CT molecular complexity index is 822. The van der Waals surface area contributed by atoms with Gasteiger partial charge in [-0.1, -0.05) is 17.7 Å². The summed E-state index contributed by atoms with van der Waals surface area (Å²) in [6.07, 6.45) is 0. The highest BCUT2D eigenvalue weighted by atomic mass is 35.5. The van der Waals surface area contributed by atoms with E-state index in [0.29, 0.717) is 5.02 Å². The second-order valence-electron chi connectivity index (χ2n) is 4.09. The van der Waals surface area contributed by atoms with Gasteiger partial charge in [0.05, 0.1) is 5.69 Å². The lowest BCUT2D eigenvalue weighted by molar-refractivity contribution is 0.0995. The van der Waals surface area contributed by atoms with Gasteiger partial charge in [0, 0.05) is 5.02 Å². The second kappa shape index (κ2) is 4.86. The van der Waals surface area contributed by atoms with Crippen LogP contribution in [0.1, 0.15) is 15.9 Å². The summed E-state index contributed by atoms with van der Waals surface area (Å²) in [6.45, 7) is 1.76. The fourth-order valence-electron chi connectivity index (χ4n) is 1.71. The zero-order valence-electron chi connectivity index (χ0n) is 10.3. The van der Waals surface area contributed by atoms with Crippen molar-refractivity contribution in [2.24, 2.45) is 5.73 Å². The van der Waals surface area contributed by atoms with E-state index in [1.54, 1.807) is 13.0 Å². The topological polar surface area (TPSA) is 118 Å². The number of aromatic nitrogens is 2. The van der Waals surface area contributed by atoms with Crippen molar-refractivity contribution in [1.82, 2.24) is 9.55 Å². The number of halogens is 1. The highest BCUT2D eigenvalue weighted by molar-refractivity contribution is 6.31. The van der Waals surface area contributed by atoms with Gasteiger partial charge >= 0.3 is 5.69 Å². The fourth-order valence-corrected chi connectivity index (χ4v) is 1.88. The number of rotatable bonds is 2. The molecule has 4 N–H and O–H groups in total. The van der Waals surface area contributed by atoms with Crippen LogP contribution in [0.2, 0.25) is 5.02 Å². The third-order valence-electron chi connectivity index (χ3n) is 2.75. The molecule has 8 heteroatoms. The molecular weight excluding hydrogens is 286 g/mol. The average molecular weight is 296 g/mol. The minimum absolute atomic E-state index is 0.196. The molecule has 0 aliphatic carbocycles. The highest BCUT2D eigenvalue weighted by Gasteiger charge is 2.19. The van der Waals surface area contributed by atoms with Gasteiger partial charge in [0.15, 0.2) is 5.56 Å². The molecule has 1 amide bonds. The molecule has 2 rings (SSSR count). The van der Waals surface area contributed by atoms with Crippen LogP contribution in [-0.4, -0.2) is 20.6 Å². The van der Waals surface area contributed by atoms with Crippen molar-refractivity contribution in [3.05, 3.63) is 55.2 Å². The molecule has 1 aromatic carbocycles. The van der Waals surface area contributed by atoms with E-state index in [4.69, 9.17) is 17.3 Å². The van der Waals surface area contributed by atoms with Crippen LogP contribution in [0.4, 0.5) is 0 Å². The average Bonchev–Trinajstić information content (AvgIpc) is 2.32. The Morgan fingerprint density at radius 3 is 2.60 bits per heavy atom. The van der Waals surface area contributed by atoms with Crippen LogP contribution in [-0.2, 0) is 0 Å². The van der Waals surface area contributed by atoms with Crippen molar-refractivity contribution >= 4 is 17.5 Å². The minimum atomic E-state index is -1.14. The number of carbonyl (C=O) groups is 1. The quantitative estimate of drug-likeness (QED) is 0.738. The zero-order valence-corrected chi connectivity index (χ0v) is 11.1. The SMILES string of the molecule is Cc1ccc(-n2c(O)c(C(N)=O)c(=O)[nH]c2=O)cc1Cl. The standard InChI is InChI=1S/C12H10ClN3O4/c1-5-2-3-6(4-7(5)13)16-11(19)8(9(14)17)10(18)15-12(16)20/h2-4,19H,1H3,(H2,14,17)(H,15,18,20). The molecule has 1 heterocycles. The first-order valence-electron chi connectivity index (χ1n) is 5.47. The molecular formula is C12H10ClN3O4. The Labute approximate surface area is 117 Å². The number of nitrogens with one attached hydrogen (secondary N) is 1. The summed E-state index contributed by atoms with van der Waals surface area (Å²) in [4.78, 5) is 36.3. The van der Waals surface area contributed by atoms with Crippen molar-refractivity contribution in [3.8, 4) is 11.6 Å². The summed E-state index contributed by atoms with van der Waals surface area (Å²) in [5.41, 5.74) is 3.32. The van der Waals surface area contributed by atoms with Crippen LogP contribution in [0.3, 0.4) is 0 Å². The van der Waals surface area contributed by atoms with Gasteiger partial charge in [0.2, 0.25) is 5.88 Å². The van der Waals surface area contributed by atoms with Gasteiger partial charge in [-0.25, -0.2) is 9.36 Å². The van der Waals surface area contributed by atoms with Gasteiger partial charge in [0.25, 0.3) is 11.5 Å². The summed E-state index contributed by atoms with van der Waals surface area (Å²) in [6, 6.07) is 4.55. The first kappa shape index (κ1) is 13.9. The Kier molecular flexibility index (Phi) is 3.37. The first-order valence-corrected chi connectivity index (χ1v) is 5.85. The highest BCUT2D eigenvalue weighted by Crippen LogP contribution is 2.21. The van der Waals surface area contributed by atoms with Crippen LogP contribution in [0.15, 0.2) is 27.8 Å². The van der Waals surface area contributed by atoms with Crippen molar-refractivity contribution < 1.29 is 9.90 Å². The lowest BCUT2D eigenvalue weighted by atomic mass is 10.2. The van der Waals surface area contributed by atoms with E-state index < -0.39 is 28.6 Å². The van der Waals surface area contributed by atoms with Gasteiger partial charge in [-0.2, -0.15) is 0 Å². The van der Waals surface area contributed by atoms with Crippen molar-refractivity contribution in [3.63, 3.8) is 0 Å². The van der Waals surface area contributed by atoms with Crippen molar-refractivity contribution in [2.45, 2.75) is 6.92 Å². The molecule has 0 aliphatic rings. The molecule has 7 nitrogen and oxygen atoms in total. The number of nitrogens with zero attached hydrogens (tertiary/aromatic N) is 1. The van der Waals surface area contributed by atoms with Gasteiger partial charge in [0.1, 0.15) is 0 Å². The number of hydrogen-bond acceptors (Lipinski definition) is 4. The molecule has 2 aromatic rings. The molecule has 0 saturated carbocycles. The van der Waals surface area contributed by atoms with Gasteiger partial charge in [-0.05, 0) is 24.6 Å². The molecule has 20 heavy (non-hydrogen) atoms. The summed E-state index contributed by atoms with van der Waals surface area (Å²) >= 11 is 5.94. The monoisotopic (exact) mass is 295 g/mol. The Balaban J connectivity index is 2.84. The number of nitrogens with two attached hydrogens (primary N) is 1. The van der Waals surface area contributed by atoms with Gasteiger partial charge < -0.3 is 10.8 Å². The second-order valence-corrected chi connectivity index (χ2v) is 4.50. The molecule has 0 atom stereocenters. The third-order valence-corrected chi connectivity index (χ3v) is 3.15. The smallest absolute Gasteiger partial charge is 0.335 e. The minimum Gasteiger partial charge on any atom is -0.493 e.